The van der Waals surface area contributed by atoms with Crippen LogP contribution in [0, 0.1) is 5.82 Å². The molecule has 5 nitrogen and oxygen atoms in total. The molecule has 6 heteroatoms. The van der Waals surface area contributed by atoms with Crippen molar-refractivity contribution in [1.29, 1.82) is 0 Å². The fourth-order valence-corrected chi connectivity index (χ4v) is 2.23. The molecule has 0 fully saturated rings. The molecular formula is C19H21FN2O3. The highest BCUT2D eigenvalue weighted by Gasteiger charge is 2.12. The van der Waals surface area contributed by atoms with Gasteiger partial charge in [-0.1, -0.05) is 12.1 Å². The van der Waals surface area contributed by atoms with Gasteiger partial charge in [-0.3, -0.25) is 4.79 Å². The Kier molecular flexibility index (Phi) is 6.51. The Balaban J connectivity index is 2.24. The molecule has 0 saturated carbocycles. The number of hydrogen-bond acceptors (Lipinski definition) is 4. The van der Waals surface area contributed by atoms with Crippen LogP contribution in [0.15, 0.2) is 47.6 Å². The molecule has 0 unspecified atom stereocenters. The lowest BCUT2D eigenvalue weighted by atomic mass is 10.1. The maximum atomic E-state index is 13.6. The first kappa shape index (κ1) is 18.4. The summed E-state index contributed by atoms with van der Waals surface area (Å²) < 4.78 is 24.7. The minimum Gasteiger partial charge on any atom is -0.494 e. The first-order valence-corrected chi connectivity index (χ1v) is 8.06. The van der Waals surface area contributed by atoms with Gasteiger partial charge in [-0.15, -0.1) is 0 Å². The van der Waals surface area contributed by atoms with E-state index in [0.29, 0.717) is 36.0 Å². The van der Waals surface area contributed by atoms with Crippen LogP contribution in [-0.4, -0.2) is 24.8 Å². The highest BCUT2D eigenvalue weighted by atomic mass is 19.1. The monoisotopic (exact) mass is 344 g/mol. The summed E-state index contributed by atoms with van der Waals surface area (Å²) in [6, 6.07) is 11.1. The first-order valence-electron chi connectivity index (χ1n) is 8.06. The number of amides is 1. The predicted molar refractivity (Wildman–Crippen MR) is 94.9 cm³/mol. The lowest BCUT2D eigenvalue weighted by Crippen LogP contribution is -2.20. The summed E-state index contributed by atoms with van der Waals surface area (Å²) in [6.45, 7) is 6.54. The van der Waals surface area contributed by atoms with Crippen molar-refractivity contribution in [3.05, 3.63) is 59.4 Å². The Morgan fingerprint density at radius 3 is 2.48 bits per heavy atom. The summed E-state index contributed by atoms with van der Waals surface area (Å²) in [5.41, 5.74) is 3.53. The average Bonchev–Trinajstić information content (AvgIpc) is 2.61. The second kappa shape index (κ2) is 8.82. The smallest absolute Gasteiger partial charge is 0.274 e. The van der Waals surface area contributed by atoms with Gasteiger partial charge in [0.05, 0.1) is 24.5 Å². The largest absolute Gasteiger partial charge is 0.494 e. The molecule has 1 N–H and O–H groups in total. The zero-order valence-electron chi connectivity index (χ0n) is 14.5. The van der Waals surface area contributed by atoms with Crippen molar-refractivity contribution in [1.82, 2.24) is 5.43 Å². The quantitative estimate of drug-likeness (QED) is 0.614. The molecule has 0 aliphatic heterocycles. The number of hydrazone groups is 1. The number of hydrogen-bond donors (Lipinski definition) is 1. The van der Waals surface area contributed by atoms with Crippen LogP contribution in [0.1, 0.15) is 36.7 Å². The Morgan fingerprint density at radius 2 is 1.80 bits per heavy atom. The van der Waals surface area contributed by atoms with Crippen LogP contribution in [-0.2, 0) is 0 Å². The molecule has 1 amide bonds. The third kappa shape index (κ3) is 4.79. The number of benzene rings is 2. The van der Waals surface area contributed by atoms with E-state index >= 15 is 0 Å². The van der Waals surface area contributed by atoms with Gasteiger partial charge in [0.15, 0.2) is 0 Å². The number of carbonyl (C=O) groups excluding carboxylic acids is 1. The van der Waals surface area contributed by atoms with Gasteiger partial charge in [0, 0.05) is 5.56 Å². The van der Waals surface area contributed by atoms with E-state index < -0.39 is 11.7 Å². The summed E-state index contributed by atoms with van der Waals surface area (Å²) >= 11 is 0. The van der Waals surface area contributed by atoms with E-state index in [4.69, 9.17) is 9.47 Å². The molecule has 0 saturated heterocycles. The second-order valence-electron chi connectivity index (χ2n) is 5.14. The fraction of sp³-hybridized carbons (Fsp3) is 0.263. The van der Waals surface area contributed by atoms with Gasteiger partial charge >= 0.3 is 0 Å². The van der Waals surface area contributed by atoms with Crippen LogP contribution >= 0.6 is 0 Å². The normalized spacial score (nSPS) is 11.1. The van der Waals surface area contributed by atoms with Crippen molar-refractivity contribution in [2.45, 2.75) is 20.8 Å². The predicted octanol–water partition coefficient (Wildman–Crippen LogP) is 3.78. The molecule has 132 valence electrons. The third-order valence-corrected chi connectivity index (χ3v) is 3.40. The van der Waals surface area contributed by atoms with Gasteiger partial charge in [-0.25, -0.2) is 9.82 Å². The van der Waals surface area contributed by atoms with Crippen molar-refractivity contribution >= 4 is 11.6 Å². The van der Waals surface area contributed by atoms with Crippen molar-refractivity contribution in [2.75, 3.05) is 13.2 Å². The van der Waals surface area contributed by atoms with Crippen LogP contribution in [0.4, 0.5) is 4.39 Å². The number of rotatable bonds is 7. The summed E-state index contributed by atoms with van der Waals surface area (Å²) in [5, 5.41) is 4.07. The van der Waals surface area contributed by atoms with Crippen LogP contribution < -0.4 is 14.9 Å². The van der Waals surface area contributed by atoms with E-state index in [-0.39, 0.29) is 5.56 Å². The molecule has 0 aliphatic carbocycles. The van der Waals surface area contributed by atoms with E-state index in [1.165, 1.54) is 18.2 Å². The second-order valence-corrected chi connectivity index (χ2v) is 5.14. The molecule has 0 aliphatic rings. The Labute approximate surface area is 146 Å². The Bertz CT molecular complexity index is 775. The molecule has 0 bridgehead atoms. The average molecular weight is 344 g/mol. The minimum atomic E-state index is -0.614. The highest BCUT2D eigenvalue weighted by Crippen LogP contribution is 2.25. The number of halogens is 1. The zero-order valence-corrected chi connectivity index (χ0v) is 14.5. The Morgan fingerprint density at radius 1 is 1.08 bits per heavy atom. The molecule has 25 heavy (non-hydrogen) atoms. The molecule has 0 radical (unpaired) electrons. The van der Waals surface area contributed by atoms with Crippen LogP contribution in [0.25, 0.3) is 0 Å². The van der Waals surface area contributed by atoms with E-state index in [1.54, 1.807) is 25.1 Å². The molecule has 0 spiro atoms. The standard InChI is InChI=1S/C19H21FN2O3/c1-4-24-14-10-11-18(25-5-2)16(12-14)13(3)21-22-19(23)15-8-6-7-9-17(15)20/h6-12H,4-5H2,1-3H3,(H,22,23)/b21-13-. The van der Waals surface area contributed by atoms with E-state index in [0.717, 1.165) is 0 Å². The summed E-state index contributed by atoms with van der Waals surface area (Å²) in [4.78, 5) is 12.1. The summed E-state index contributed by atoms with van der Waals surface area (Å²) in [6.07, 6.45) is 0. The molecular weight excluding hydrogens is 323 g/mol. The molecule has 2 aromatic carbocycles. The minimum absolute atomic E-state index is 0.0628. The van der Waals surface area contributed by atoms with Gasteiger partial charge in [-0.2, -0.15) is 5.10 Å². The number of nitrogens with one attached hydrogen (secondary N) is 1. The number of nitrogens with zero attached hydrogens (tertiary/aromatic N) is 1. The summed E-state index contributed by atoms with van der Waals surface area (Å²) in [7, 11) is 0. The molecule has 2 rings (SSSR count). The molecule has 0 atom stereocenters. The summed E-state index contributed by atoms with van der Waals surface area (Å²) in [5.74, 6) is 0.0980. The highest BCUT2D eigenvalue weighted by molar-refractivity contribution is 6.03. The molecule has 0 aromatic heterocycles. The first-order chi connectivity index (χ1) is 12.1. The number of carbonyl (C=O) groups is 1. The van der Waals surface area contributed by atoms with Gasteiger partial charge in [0.2, 0.25) is 0 Å². The zero-order chi connectivity index (χ0) is 18.2. The lowest BCUT2D eigenvalue weighted by Gasteiger charge is -2.12. The van der Waals surface area contributed by atoms with E-state index in [1.807, 2.05) is 19.9 Å². The van der Waals surface area contributed by atoms with E-state index in [2.05, 4.69) is 10.5 Å². The maximum absolute atomic E-state index is 13.6. The van der Waals surface area contributed by atoms with Crippen LogP contribution in [0.5, 0.6) is 11.5 Å². The molecule has 2 aromatic rings. The van der Waals surface area contributed by atoms with Gasteiger partial charge in [0.25, 0.3) is 5.91 Å². The topological polar surface area (TPSA) is 59.9 Å². The van der Waals surface area contributed by atoms with E-state index in [9.17, 15) is 9.18 Å². The van der Waals surface area contributed by atoms with Crippen molar-refractivity contribution < 1.29 is 18.7 Å². The van der Waals surface area contributed by atoms with Crippen LogP contribution in [0.3, 0.4) is 0 Å². The molecule has 0 heterocycles. The SMILES string of the molecule is CCOc1ccc(OCC)c(/C(C)=N\NC(=O)c2ccccc2F)c1. The van der Waals surface area contributed by atoms with Gasteiger partial charge in [0.1, 0.15) is 17.3 Å². The number of ether oxygens (including phenoxy) is 2. The third-order valence-electron chi connectivity index (χ3n) is 3.40. The van der Waals surface area contributed by atoms with Crippen molar-refractivity contribution in [3.8, 4) is 11.5 Å². The van der Waals surface area contributed by atoms with Gasteiger partial charge < -0.3 is 9.47 Å². The van der Waals surface area contributed by atoms with Crippen molar-refractivity contribution in [2.24, 2.45) is 5.10 Å². The Hall–Kier alpha value is -2.89. The maximum Gasteiger partial charge on any atom is 0.274 e. The van der Waals surface area contributed by atoms with Gasteiger partial charge in [-0.05, 0) is 51.1 Å². The van der Waals surface area contributed by atoms with Crippen molar-refractivity contribution in [3.63, 3.8) is 0 Å². The van der Waals surface area contributed by atoms with Crippen LogP contribution in [0.2, 0.25) is 0 Å². The fourth-order valence-electron chi connectivity index (χ4n) is 2.23. The lowest BCUT2D eigenvalue weighted by molar-refractivity contribution is 0.0951.